The standard InChI is InChI=1S/C15H23N3O2/c16-11-13-5-4-9-18(13)12-15(19)17-8-10-20-14-6-2-1-3-7-14/h1-3,6-7,13H,4-5,8-12,16H2,(H,17,19). The average molecular weight is 277 g/mol. The van der Waals surface area contributed by atoms with Crippen molar-refractivity contribution in [2.24, 2.45) is 5.73 Å². The second-order valence-corrected chi connectivity index (χ2v) is 5.01. The van der Waals surface area contributed by atoms with Crippen LogP contribution in [0, 0.1) is 0 Å². The number of benzene rings is 1. The Kier molecular flexibility index (Phi) is 5.83. The number of ether oxygens (including phenoxy) is 1. The van der Waals surface area contributed by atoms with Crippen LogP contribution in [0.25, 0.3) is 0 Å². The number of amides is 1. The number of rotatable bonds is 7. The monoisotopic (exact) mass is 277 g/mol. The van der Waals surface area contributed by atoms with E-state index in [-0.39, 0.29) is 5.91 Å². The zero-order valence-corrected chi connectivity index (χ0v) is 11.8. The van der Waals surface area contributed by atoms with Gasteiger partial charge in [-0.2, -0.15) is 0 Å². The molecule has 1 aliphatic rings. The Balaban J connectivity index is 1.61. The topological polar surface area (TPSA) is 67.6 Å². The predicted octanol–water partition coefficient (Wildman–Crippen LogP) is 0.605. The van der Waals surface area contributed by atoms with Gasteiger partial charge in [0.05, 0.1) is 13.1 Å². The summed E-state index contributed by atoms with van der Waals surface area (Å²) in [5.74, 6) is 0.867. The Hall–Kier alpha value is -1.59. The molecule has 20 heavy (non-hydrogen) atoms. The van der Waals surface area contributed by atoms with Gasteiger partial charge in [-0.15, -0.1) is 0 Å². The summed E-state index contributed by atoms with van der Waals surface area (Å²) in [4.78, 5) is 14.0. The fraction of sp³-hybridized carbons (Fsp3) is 0.533. The van der Waals surface area contributed by atoms with Crippen molar-refractivity contribution in [3.8, 4) is 5.75 Å². The normalized spacial score (nSPS) is 18.9. The van der Waals surface area contributed by atoms with Gasteiger partial charge in [-0.3, -0.25) is 9.69 Å². The minimum absolute atomic E-state index is 0.0435. The largest absolute Gasteiger partial charge is 0.492 e. The Bertz CT molecular complexity index is 411. The molecule has 1 amide bonds. The number of carbonyl (C=O) groups excluding carboxylic acids is 1. The van der Waals surface area contributed by atoms with Crippen LogP contribution in [0.15, 0.2) is 30.3 Å². The van der Waals surface area contributed by atoms with Crippen molar-refractivity contribution < 1.29 is 9.53 Å². The van der Waals surface area contributed by atoms with Crippen LogP contribution < -0.4 is 15.8 Å². The highest BCUT2D eigenvalue weighted by molar-refractivity contribution is 5.78. The Labute approximate surface area is 120 Å². The van der Waals surface area contributed by atoms with Gasteiger partial charge in [-0.25, -0.2) is 0 Å². The maximum atomic E-state index is 11.8. The van der Waals surface area contributed by atoms with Crippen molar-refractivity contribution in [1.82, 2.24) is 10.2 Å². The lowest BCUT2D eigenvalue weighted by molar-refractivity contribution is -0.122. The van der Waals surface area contributed by atoms with E-state index in [0.29, 0.717) is 32.3 Å². The number of para-hydroxylation sites is 1. The van der Waals surface area contributed by atoms with Crippen LogP contribution in [0.2, 0.25) is 0 Å². The minimum atomic E-state index is 0.0435. The first kappa shape index (κ1) is 14.8. The Morgan fingerprint density at radius 1 is 1.40 bits per heavy atom. The molecule has 0 radical (unpaired) electrons. The van der Waals surface area contributed by atoms with Crippen molar-refractivity contribution in [3.63, 3.8) is 0 Å². The highest BCUT2D eigenvalue weighted by Gasteiger charge is 2.24. The van der Waals surface area contributed by atoms with Gasteiger partial charge in [0.1, 0.15) is 12.4 Å². The number of nitrogens with one attached hydrogen (secondary N) is 1. The molecule has 1 aromatic rings. The van der Waals surface area contributed by atoms with Crippen LogP contribution in [0.1, 0.15) is 12.8 Å². The van der Waals surface area contributed by atoms with E-state index in [4.69, 9.17) is 10.5 Å². The van der Waals surface area contributed by atoms with Crippen LogP contribution in [0.4, 0.5) is 0 Å². The molecule has 5 nitrogen and oxygen atoms in total. The summed E-state index contributed by atoms with van der Waals surface area (Å²) in [5.41, 5.74) is 5.69. The summed E-state index contributed by atoms with van der Waals surface area (Å²) in [6.45, 7) is 3.04. The summed E-state index contributed by atoms with van der Waals surface area (Å²) < 4.78 is 5.52. The minimum Gasteiger partial charge on any atom is -0.492 e. The lowest BCUT2D eigenvalue weighted by Crippen LogP contribution is -2.43. The fourth-order valence-corrected chi connectivity index (χ4v) is 2.49. The van der Waals surface area contributed by atoms with Gasteiger partial charge in [-0.1, -0.05) is 18.2 Å². The van der Waals surface area contributed by atoms with Crippen LogP contribution in [0.3, 0.4) is 0 Å². The molecule has 1 aromatic carbocycles. The lowest BCUT2D eigenvalue weighted by Gasteiger charge is -2.22. The number of hydrogen-bond donors (Lipinski definition) is 2. The third-order valence-corrected chi connectivity index (χ3v) is 3.55. The van der Waals surface area contributed by atoms with E-state index in [0.717, 1.165) is 25.1 Å². The Morgan fingerprint density at radius 3 is 2.95 bits per heavy atom. The lowest BCUT2D eigenvalue weighted by atomic mass is 10.2. The van der Waals surface area contributed by atoms with Gasteiger partial charge in [0.2, 0.25) is 5.91 Å². The number of nitrogens with zero attached hydrogens (tertiary/aromatic N) is 1. The van der Waals surface area contributed by atoms with Crippen LogP contribution >= 0.6 is 0 Å². The van der Waals surface area contributed by atoms with Crippen molar-refractivity contribution in [3.05, 3.63) is 30.3 Å². The molecule has 1 atom stereocenters. The smallest absolute Gasteiger partial charge is 0.234 e. The molecule has 1 saturated heterocycles. The molecule has 5 heteroatoms. The SMILES string of the molecule is NCC1CCCN1CC(=O)NCCOc1ccccc1. The molecule has 110 valence electrons. The van der Waals surface area contributed by atoms with Gasteiger partial charge in [0.25, 0.3) is 0 Å². The molecule has 1 heterocycles. The highest BCUT2D eigenvalue weighted by atomic mass is 16.5. The van der Waals surface area contributed by atoms with Crippen molar-refractivity contribution >= 4 is 5.91 Å². The average Bonchev–Trinajstić information content (AvgIpc) is 2.92. The number of hydrogen-bond acceptors (Lipinski definition) is 4. The summed E-state index contributed by atoms with van der Waals surface area (Å²) in [6, 6.07) is 9.96. The summed E-state index contributed by atoms with van der Waals surface area (Å²) in [5, 5.41) is 2.88. The summed E-state index contributed by atoms with van der Waals surface area (Å²) in [6.07, 6.45) is 2.23. The van der Waals surface area contributed by atoms with Gasteiger partial charge in [-0.05, 0) is 31.5 Å². The zero-order chi connectivity index (χ0) is 14.2. The molecular weight excluding hydrogens is 254 g/mol. The maximum absolute atomic E-state index is 11.8. The fourth-order valence-electron chi connectivity index (χ4n) is 2.49. The van der Waals surface area contributed by atoms with Gasteiger partial charge >= 0.3 is 0 Å². The van der Waals surface area contributed by atoms with Gasteiger partial charge in [0.15, 0.2) is 0 Å². The molecule has 3 N–H and O–H groups in total. The molecule has 1 aliphatic heterocycles. The van der Waals surface area contributed by atoms with Crippen molar-refractivity contribution in [2.75, 3.05) is 32.8 Å². The summed E-state index contributed by atoms with van der Waals surface area (Å²) in [7, 11) is 0. The van der Waals surface area contributed by atoms with Crippen LogP contribution in [-0.4, -0.2) is 49.6 Å². The quantitative estimate of drug-likeness (QED) is 0.716. The van der Waals surface area contributed by atoms with Crippen molar-refractivity contribution in [1.29, 1.82) is 0 Å². The third kappa shape index (κ3) is 4.51. The number of nitrogens with two attached hydrogens (primary N) is 1. The molecule has 0 aromatic heterocycles. The van der Waals surface area contributed by atoms with E-state index < -0.39 is 0 Å². The highest BCUT2D eigenvalue weighted by Crippen LogP contribution is 2.15. The van der Waals surface area contributed by atoms with Gasteiger partial charge in [0, 0.05) is 12.6 Å². The molecule has 2 rings (SSSR count). The number of carbonyl (C=O) groups is 1. The molecular formula is C15H23N3O2. The molecule has 0 bridgehead atoms. The first-order chi connectivity index (χ1) is 9.79. The first-order valence-electron chi connectivity index (χ1n) is 7.18. The first-order valence-corrected chi connectivity index (χ1v) is 7.18. The van der Waals surface area contributed by atoms with E-state index in [1.807, 2.05) is 30.3 Å². The molecule has 0 saturated carbocycles. The Morgan fingerprint density at radius 2 is 2.20 bits per heavy atom. The second-order valence-electron chi connectivity index (χ2n) is 5.01. The van der Waals surface area contributed by atoms with E-state index in [1.165, 1.54) is 0 Å². The van der Waals surface area contributed by atoms with Gasteiger partial charge < -0.3 is 15.8 Å². The number of likely N-dealkylation sites (tertiary alicyclic amines) is 1. The third-order valence-electron chi connectivity index (χ3n) is 3.55. The van der Waals surface area contributed by atoms with Crippen molar-refractivity contribution in [2.45, 2.75) is 18.9 Å². The zero-order valence-electron chi connectivity index (χ0n) is 11.8. The molecule has 1 unspecified atom stereocenters. The molecule has 0 spiro atoms. The summed E-state index contributed by atoms with van der Waals surface area (Å²) >= 11 is 0. The van der Waals surface area contributed by atoms with Crippen LogP contribution in [0.5, 0.6) is 5.75 Å². The maximum Gasteiger partial charge on any atom is 0.234 e. The van der Waals surface area contributed by atoms with E-state index >= 15 is 0 Å². The van der Waals surface area contributed by atoms with E-state index in [9.17, 15) is 4.79 Å². The van der Waals surface area contributed by atoms with Crippen LogP contribution in [-0.2, 0) is 4.79 Å². The molecule has 0 aliphatic carbocycles. The van der Waals surface area contributed by atoms with E-state index in [1.54, 1.807) is 0 Å². The second kappa shape index (κ2) is 7.87. The predicted molar refractivity (Wildman–Crippen MR) is 78.6 cm³/mol. The molecule has 1 fully saturated rings. The van der Waals surface area contributed by atoms with E-state index in [2.05, 4.69) is 10.2 Å².